The summed E-state index contributed by atoms with van der Waals surface area (Å²) in [6.45, 7) is 0. The van der Waals surface area contributed by atoms with E-state index < -0.39 is 0 Å². The molecule has 0 saturated heterocycles. The largest absolute Gasteiger partial charge is 0.308 e. The fraction of sp³-hybridized carbons (Fsp3) is 0. The van der Waals surface area contributed by atoms with Crippen molar-refractivity contribution in [3.05, 3.63) is 218 Å². The molecule has 0 aliphatic carbocycles. The summed E-state index contributed by atoms with van der Waals surface area (Å²) in [5.74, 6) is 1.85. The molecular formula is C55H36N4. The summed E-state index contributed by atoms with van der Waals surface area (Å²) < 4.78 is 2.37. The SMILES string of the molecule is c1ccc(-c2cccc(-c3ccc(-c4nc(-c5ccccc5)nc(-c5cccc6cc(-c7ccccc7)ccc56)n4)c(-n4c5ccccc5c5ccccc54)c3)c2)cc1. The number of hydrogen-bond donors (Lipinski definition) is 0. The van der Waals surface area contributed by atoms with Gasteiger partial charge in [0.15, 0.2) is 17.5 Å². The molecule has 11 rings (SSSR count). The van der Waals surface area contributed by atoms with E-state index in [1.807, 2.05) is 18.2 Å². The van der Waals surface area contributed by atoms with E-state index in [4.69, 9.17) is 15.0 Å². The number of para-hydroxylation sites is 2. The van der Waals surface area contributed by atoms with Crippen LogP contribution in [0.2, 0.25) is 0 Å². The highest BCUT2D eigenvalue weighted by Crippen LogP contribution is 2.39. The van der Waals surface area contributed by atoms with E-state index in [1.54, 1.807) is 0 Å². The molecule has 0 fully saturated rings. The molecular weight excluding hydrogens is 717 g/mol. The van der Waals surface area contributed by atoms with Crippen molar-refractivity contribution >= 4 is 32.6 Å². The normalized spacial score (nSPS) is 11.4. The van der Waals surface area contributed by atoms with Gasteiger partial charge in [0, 0.05) is 27.5 Å². The van der Waals surface area contributed by atoms with Crippen LogP contribution in [0.15, 0.2) is 218 Å². The molecule has 2 aromatic heterocycles. The van der Waals surface area contributed by atoms with Crippen LogP contribution in [0, 0.1) is 0 Å². The molecule has 0 aliphatic heterocycles. The van der Waals surface area contributed by atoms with Crippen molar-refractivity contribution in [1.82, 2.24) is 19.5 Å². The third-order valence-corrected chi connectivity index (χ3v) is 11.3. The van der Waals surface area contributed by atoms with Crippen molar-refractivity contribution in [2.75, 3.05) is 0 Å². The lowest BCUT2D eigenvalue weighted by Gasteiger charge is -2.17. The van der Waals surface area contributed by atoms with Crippen LogP contribution in [0.4, 0.5) is 0 Å². The molecule has 0 N–H and O–H groups in total. The minimum atomic E-state index is 0.605. The van der Waals surface area contributed by atoms with Crippen LogP contribution in [0.3, 0.4) is 0 Å². The van der Waals surface area contributed by atoms with E-state index in [2.05, 4.69) is 205 Å². The summed E-state index contributed by atoms with van der Waals surface area (Å²) in [5.41, 5.74) is 13.0. The van der Waals surface area contributed by atoms with Gasteiger partial charge in [-0.05, 0) is 80.6 Å². The standard InChI is InChI=1S/C55H36N4/c1-4-16-37(17-5-1)40-22-14-23-41(34-40)43-31-33-49(52(36-43)59-50-28-12-10-25-46(50)47-26-11-13-29-51(47)59)55-57-53(39-20-8-3-9-21-39)56-54(58-55)48-27-15-24-44-35-42(30-32-45(44)48)38-18-6-2-7-19-38/h1-36H. The lowest BCUT2D eigenvalue weighted by atomic mass is 9.97. The average Bonchev–Trinajstić information content (AvgIpc) is 3.66. The molecule has 2 heterocycles. The molecule has 11 aromatic rings. The summed E-state index contributed by atoms with van der Waals surface area (Å²) in [6, 6.07) is 77.0. The van der Waals surface area contributed by atoms with Crippen LogP contribution >= 0.6 is 0 Å². The monoisotopic (exact) mass is 752 g/mol. The van der Waals surface area contributed by atoms with Gasteiger partial charge in [-0.2, -0.15) is 0 Å². The van der Waals surface area contributed by atoms with Crippen molar-refractivity contribution in [3.63, 3.8) is 0 Å². The molecule has 4 heteroatoms. The number of rotatable bonds is 7. The van der Waals surface area contributed by atoms with Crippen molar-refractivity contribution in [1.29, 1.82) is 0 Å². The molecule has 0 aliphatic rings. The number of hydrogen-bond acceptors (Lipinski definition) is 3. The Balaban J connectivity index is 1.16. The van der Waals surface area contributed by atoms with Gasteiger partial charge in [0.05, 0.1) is 16.7 Å². The van der Waals surface area contributed by atoms with Gasteiger partial charge >= 0.3 is 0 Å². The average molecular weight is 753 g/mol. The Hall–Kier alpha value is -7.95. The van der Waals surface area contributed by atoms with Crippen LogP contribution in [0.25, 0.3) is 106 Å². The fourth-order valence-electron chi connectivity index (χ4n) is 8.40. The maximum atomic E-state index is 5.38. The summed E-state index contributed by atoms with van der Waals surface area (Å²) in [5, 5.41) is 4.59. The first-order chi connectivity index (χ1) is 29.2. The van der Waals surface area contributed by atoms with E-state index in [-0.39, 0.29) is 0 Å². The number of aromatic nitrogens is 4. The summed E-state index contributed by atoms with van der Waals surface area (Å²) >= 11 is 0. The number of benzene rings is 9. The molecule has 0 unspecified atom stereocenters. The van der Waals surface area contributed by atoms with Gasteiger partial charge in [0.2, 0.25) is 0 Å². The lowest BCUT2D eigenvalue weighted by molar-refractivity contribution is 1.07. The zero-order valence-electron chi connectivity index (χ0n) is 32.1. The van der Waals surface area contributed by atoms with Gasteiger partial charge in [-0.15, -0.1) is 0 Å². The van der Waals surface area contributed by atoms with Gasteiger partial charge in [-0.25, -0.2) is 15.0 Å². The first kappa shape index (κ1) is 34.3. The third kappa shape index (κ3) is 6.24. The molecule has 0 spiro atoms. The molecule has 0 radical (unpaired) electrons. The Morgan fingerprint density at radius 3 is 1.41 bits per heavy atom. The molecule has 4 nitrogen and oxygen atoms in total. The third-order valence-electron chi connectivity index (χ3n) is 11.3. The van der Waals surface area contributed by atoms with Crippen molar-refractivity contribution in [2.45, 2.75) is 0 Å². The van der Waals surface area contributed by atoms with Crippen molar-refractivity contribution in [3.8, 4) is 73.2 Å². The maximum absolute atomic E-state index is 5.38. The van der Waals surface area contributed by atoms with Crippen LogP contribution in [0.5, 0.6) is 0 Å². The fourth-order valence-corrected chi connectivity index (χ4v) is 8.40. The van der Waals surface area contributed by atoms with Gasteiger partial charge in [-0.3, -0.25) is 0 Å². The lowest BCUT2D eigenvalue weighted by Crippen LogP contribution is -2.04. The highest BCUT2D eigenvalue weighted by molar-refractivity contribution is 6.10. The Kier molecular flexibility index (Phi) is 8.45. The molecule has 276 valence electrons. The van der Waals surface area contributed by atoms with E-state index in [0.717, 1.165) is 55.3 Å². The summed E-state index contributed by atoms with van der Waals surface area (Å²) in [4.78, 5) is 15.9. The van der Waals surface area contributed by atoms with Crippen LogP contribution in [-0.2, 0) is 0 Å². The second-order valence-electron chi connectivity index (χ2n) is 14.8. The van der Waals surface area contributed by atoms with Crippen molar-refractivity contribution < 1.29 is 0 Å². The van der Waals surface area contributed by atoms with Gasteiger partial charge in [0.25, 0.3) is 0 Å². The van der Waals surface area contributed by atoms with E-state index in [0.29, 0.717) is 17.5 Å². The Morgan fingerprint density at radius 2 is 0.746 bits per heavy atom. The second-order valence-corrected chi connectivity index (χ2v) is 14.8. The second kappa shape index (κ2) is 14.5. The first-order valence-electron chi connectivity index (χ1n) is 19.9. The molecule has 0 saturated carbocycles. The predicted molar refractivity (Wildman–Crippen MR) is 244 cm³/mol. The highest BCUT2D eigenvalue weighted by atomic mass is 15.1. The quantitative estimate of drug-likeness (QED) is 0.163. The van der Waals surface area contributed by atoms with Crippen LogP contribution in [-0.4, -0.2) is 19.5 Å². The van der Waals surface area contributed by atoms with Gasteiger partial charge in [-0.1, -0.05) is 182 Å². The topological polar surface area (TPSA) is 43.6 Å². The van der Waals surface area contributed by atoms with Crippen molar-refractivity contribution in [2.24, 2.45) is 0 Å². The zero-order chi connectivity index (χ0) is 39.1. The first-order valence-corrected chi connectivity index (χ1v) is 19.9. The molecule has 0 atom stereocenters. The molecule has 0 amide bonds. The van der Waals surface area contributed by atoms with Gasteiger partial charge < -0.3 is 4.57 Å². The zero-order valence-corrected chi connectivity index (χ0v) is 32.1. The van der Waals surface area contributed by atoms with E-state index in [1.165, 1.54) is 33.0 Å². The number of fused-ring (bicyclic) bond motifs is 4. The Labute approximate surface area is 342 Å². The minimum absolute atomic E-state index is 0.605. The molecule has 59 heavy (non-hydrogen) atoms. The summed E-state index contributed by atoms with van der Waals surface area (Å²) in [7, 11) is 0. The van der Waals surface area contributed by atoms with Crippen LogP contribution in [0.1, 0.15) is 0 Å². The predicted octanol–water partition coefficient (Wildman–Crippen LogP) is 14.1. The maximum Gasteiger partial charge on any atom is 0.166 e. The van der Waals surface area contributed by atoms with Gasteiger partial charge in [0.1, 0.15) is 0 Å². The van der Waals surface area contributed by atoms with Crippen LogP contribution < -0.4 is 0 Å². The van der Waals surface area contributed by atoms with E-state index >= 15 is 0 Å². The number of nitrogens with zero attached hydrogens (tertiary/aromatic N) is 4. The Bertz CT molecular complexity index is 3260. The molecule has 0 bridgehead atoms. The smallest absolute Gasteiger partial charge is 0.166 e. The van der Waals surface area contributed by atoms with E-state index in [9.17, 15) is 0 Å². The highest BCUT2D eigenvalue weighted by Gasteiger charge is 2.21. The summed E-state index contributed by atoms with van der Waals surface area (Å²) in [6.07, 6.45) is 0. The molecule has 9 aromatic carbocycles. The Morgan fingerprint density at radius 1 is 0.271 bits per heavy atom. The minimum Gasteiger partial charge on any atom is -0.308 e.